The number of nitrogens with one attached hydrogen (secondary N) is 1. The lowest BCUT2D eigenvalue weighted by molar-refractivity contribution is 0.102. The van der Waals surface area contributed by atoms with Crippen LogP contribution in [0.15, 0.2) is 36.4 Å². The SMILES string of the molecule is COc1cc(C(=O)Nc2ccc(OCC3CN3CC(C)C)cc2)cc(OC)c1OC. The number of hydrogen-bond acceptors (Lipinski definition) is 6. The van der Waals surface area contributed by atoms with Crippen molar-refractivity contribution in [3.05, 3.63) is 42.0 Å². The van der Waals surface area contributed by atoms with Gasteiger partial charge in [0.1, 0.15) is 12.4 Å². The van der Waals surface area contributed by atoms with Gasteiger partial charge >= 0.3 is 0 Å². The van der Waals surface area contributed by atoms with Crippen molar-refractivity contribution >= 4 is 11.6 Å². The third-order valence-corrected chi connectivity index (χ3v) is 4.91. The monoisotopic (exact) mass is 414 g/mol. The number of nitrogens with zero attached hydrogens (tertiary/aromatic N) is 1. The Bertz CT molecular complexity index is 841. The molecule has 0 radical (unpaired) electrons. The fraction of sp³-hybridized carbons (Fsp3) is 0.435. The largest absolute Gasteiger partial charge is 0.493 e. The van der Waals surface area contributed by atoms with Crippen LogP contribution in [0.1, 0.15) is 24.2 Å². The van der Waals surface area contributed by atoms with Gasteiger partial charge in [-0.05, 0) is 42.3 Å². The lowest BCUT2D eigenvalue weighted by atomic mass is 10.1. The van der Waals surface area contributed by atoms with Gasteiger partial charge < -0.3 is 24.3 Å². The van der Waals surface area contributed by atoms with E-state index in [2.05, 4.69) is 24.1 Å². The standard InChI is InChI=1S/C23H30N2O5/c1-15(2)12-25-13-18(25)14-30-19-8-6-17(7-9-19)24-23(26)16-10-20(27-3)22(29-5)21(11-16)28-4/h6-11,15,18H,12-14H2,1-5H3,(H,24,26). The summed E-state index contributed by atoms with van der Waals surface area (Å²) in [4.78, 5) is 15.1. The van der Waals surface area contributed by atoms with Crippen molar-refractivity contribution in [2.75, 3.05) is 46.3 Å². The molecule has 3 rings (SSSR count). The molecule has 30 heavy (non-hydrogen) atoms. The van der Waals surface area contributed by atoms with Crippen LogP contribution in [0, 0.1) is 5.92 Å². The molecule has 7 nitrogen and oxygen atoms in total. The predicted molar refractivity (Wildman–Crippen MR) is 116 cm³/mol. The van der Waals surface area contributed by atoms with Crippen LogP contribution < -0.4 is 24.3 Å². The second-order valence-corrected chi connectivity index (χ2v) is 7.71. The van der Waals surface area contributed by atoms with E-state index in [4.69, 9.17) is 18.9 Å². The van der Waals surface area contributed by atoms with Crippen LogP contribution in [0.3, 0.4) is 0 Å². The number of carbonyl (C=O) groups excluding carboxylic acids is 1. The molecule has 2 unspecified atom stereocenters. The van der Waals surface area contributed by atoms with Crippen LogP contribution in [-0.2, 0) is 0 Å². The Hall–Kier alpha value is -2.93. The molecule has 1 aliphatic heterocycles. The molecule has 1 fully saturated rings. The molecule has 162 valence electrons. The molecule has 1 saturated heterocycles. The molecule has 0 spiro atoms. The molecule has 2 atom stereocenters. The average molecular weight is 415 g/mol. The van der Waals surface area contributed by atoms with Crippen molar-refractivity contribution in [1.82, 2.24) is 4.90 Å². The minimum atomic E-state index is -0.273. The van der Waals surface area contributed by atoms with Crippen molar-refractivity contribution in [2.45, 2.75) is 19.9 Å². The van der Waals surface area contributed by atoms with E-state index >= 15 is 0 Å². The number of methoxy groups -OCH3 is 3. The Morgan fingerprint density at radius 3 is 2.23 bits per heavy atom. The highest BCUT2D eigenvalue weighted by Crippen LogP contribution is 2.38. The summed E-state index contributed by atoms with van der Waals surface area (Å²) in [5, 5.41) is 2.88. The van der Waals surface area contributed by atoms with Gasteiger partial charge in [0.2, 0.25) is 5.75 Å². The van der Waals surface area contributed by atoms with Gasteiger partial charge in [-0.25, -0.2) is 0 Å². The van der Waals surface area contributed by atoms with Gasteiger partial charge in [0.25, 0.3) is 5.91 Å². The highest BCUT2D eigenvalue weighted by atomic mass is 16.5. The van der Waals surface area contributed by atoms with Gasteiger partial charge in [0.15, 0.2) is 11.5 Å². The summed E-state index contributed by atoms with van der Waals surface area (Å²) in [5.41, 5.74) is 1.08. The molecule has 0 bridgehead atoms. The molecular weight excluding hydrogens is 384 g/mol. The molecule has 2 aromatic carbocycles. The van der Waals surface area contributed by atoms with Crippen molar-refractivity contribution in [1.29, 1.82) is 0 Å². The van der Waals surface area contributed by atoms with Gasteiger partial charge in [-0.2, -0.15) is 0 Å². The van der Waals surface area contributed by atoms with E-state index in [-0.39, 0.29) is 5.91 Å². The van der Waals surface area contributed by atoms with E-state index in [9.17, 15) is 4.79 Å². The van der Waals surface area contributed by atoms with Gasteiger partial charge in [-0.3, -0.25) is 9.69 Å². The summed E-state index contributed by atoms with van der Waals surface area (Å²) in [6.45, 7) is 7.34. The molecule has 0 saturated carbocycles. The number of ether oxygens (including phenoxy) is 4. The number of carbonyl (C=O) groups is 1. The van der Waals surface area contributed by atoms with Gasteiger partial charge in [0.05, 0.1) is 27.4 Å². The molecule has 1 heterocycles. The molecule has 1 N–H and O–H groups in total. The molecule has 0 aromatic heterocycles. The van der Waals surface area contributed by atoms with Gasteiger partial charge in [0, 0.05) is 24.3 Å². The average Bonchev–Trinajstić information content (AvgIpc) is 3.48. The smallest absolute Gasteiger partial charge is 0.255 e. The lowest BCUT2D eigenvalue weighted by Crippen LogP contribution is -2.15. The Morgan fingerprint density at radius 1 is 1.07 bits per heavy atom. The Kier molecular flexibility index (Phi) is 7.05. The van der Waals surface area contributed by atoms with E-state index in [1.54, 1.807) is 12.1 Å². The fourth-order valence-electron chi connectivity index (χ4n) is 3.32. The Balaban J connectivity index is 1.58. The third kappa shape index (κ3) is 5.36. The minimum Gasteiger partial charge on any atom is -0.493 e. The number of anilines is 1. The van der Waals surface area contributed by atoms with Crippen molar-refractivity contribution in [3.63, 3.8) is 0 Å². The maximum absolute atomic E-state index is 12.7. The first-order chi connectivity index (χ1) is 14.4. The van der Waals surface area contributed by atoms with E-state index in [0.29, 0.717) is 47.1 Å². The summed E-state index contributed by atoms with van der Waals surface area (Å²) in [5.74, 6) is 2.49. The van der Waals surface area contributed by atoms with E-state index in [1.807, 2.05) is 24.3 Å². The number of rotatable bonds is 10. The highest BCUT2D eigenvalue weighted by molar-refractivity contribution is 6.05. The Labute approximate surface area is 177 Å². The van der Waals surface area contributed by atoms with Crippen LogP contribution in [-0.4, -0.2) is 57.9 Å². The molecule has 2 aromatic rings. The first kappa shape index (κ1) is 21.8. The Morgan fingerprint density at radius 2 is 1.70 bits per heavy atom. The predicted octanol–water partition coefficient (Wildman–Crippen LogP) is 3.68. The quantitative estimate of drug-likeness (QED) is 0.598. The van der Waals surface area contributed by atoms with E-state index in [1.165, 1.54) is 21.3 Å². The van der Waals surface area contributed by atoms with Gasteiger partial charge in [-0.15, -0.1) is 0 Å². The third-order valence-electron chi connectivity index (χ3n) is 4.91. The molecule has 0 aliphatic carbocycles. The van der Waals surface area contributed by atoms with Crippen LogP contribution in [0.2, 0.25) is 0 Å². The summed E-state index contributed by atoms with van der Waals surface area (Å²) < 4.78 is 21.8. The lowest BCUT2D eigenvalue weighted by Gasteiger charge is -2.14. The number of amides is 1. The summed E-state index contributed by atoms with van der Waals surface area (Å²) in [6.07, 6.45) is 0. The first-order valence-electron chi connectivity index (χ1n) is 10.0. The second-order valence-electron chi connectivity index (χ2n) is 7.71. The van der Waals surface area contributed by atoms with Crippen molar-refractivity contribution in [2.24, 2.45) is 5.92 Å². The second kappa shape index (κ2) is 9.71. The highest BCUT2D eigenvalue weighted by Gasteiger charge is 2.34. The van der Waals surface area contributed by atoms with Crippen LogP contribution in [0.4, 0.5) is 5.69 Å². The number of hydrogen-bond donors (Lipinski definition) is 1. The zero-order chi connectivity index (χ0) is 21.7. The van der Waals surface area contributed by atoms with Crippen LogP contribution in [0.5, 0.6) is 23.0 Å². The fourth-order valence-corrected chi connectivity index (χ4v) is 3.32. The summed E-state index contributed by atoms with van der Waals surface area (Å²) >= 11 is 0. The maximum Gasteiger partial charge on any atom is 0.255 e. The van der Waals surface area contributed by atoms with Crippen LogP contribution in [0.25, 0.3) is 0 Å². The molecule has 7 heteroatoms. The summed E-state index contributed by atoms with van der Waals surface area (Å²) in [6, 6.07) is 11.1. The maximum atomic E-state index is 12.7. The van der Waals surface area contributed by atoms with Crippen molar-refractivity contribution < 1.29 is 23.7 Å². The molecule has 1 amide bonds. The molecule has 1 aliphatic rings. The summed E-state index contributed by atoms with van der Waals surface area (Å²) in [7, 11) is 4.55. The first-order valence-corrected chi connectivity index (χ1v) is 10.0. The van der Waals surface area contributed by atoms with E-state index in [0.717, 1.165) is 18.8 Å². The zero-order valence-electron chi connectivity index (χ0n) is 18.2. The van der Waals surface area contributed by atoms with Crippen molar-refractivity contribution in [3.8, 4) is 23.0 Å². The zero-order valence-corrected chi connectivity index (χ0v) is 18.2. The van der Waals surface area contributed by atoms with Crippen LogP contribution >= 0.6 is 0 Å². The van der Waals surface area contributed by atoms with E-state index < -0.39 is 0 Å². The topological polar surface area (TPSA) is 69.0 Å². The molecular formula is C23H30N2O5. The van der Waals surface area contributed by atoms with Gasteiger partial charge in [-0.1, -0.05) is 13.8 Å². The normalized spacial score (nSPS) is 17.4. The number of benzene rings is 2. The minimum absolute atomic E-state index is 0.273.